The molecule has 162 valence electrons. The number of ketones is 4. The Hall–Kier alpha value is -3.80. The SMILES string of the molecule is COc1cccc2c1C(=O)C(CCC1=C(C)C(=O)c3cccc(OC)c3C1=O)=C(C)C2=O. The summed E-state index contributed by atoms with van der Waals surface area (Å²) in [6, 6.07) is 9.84. The summed E-state index contributed by atoms with van der Waals surface area (Å²) in [5.74, 6) is -0.386. The van der Waals surface area contributed by atoms with Gasteiger partial charge in [-0.05, 0) is 38.8 Å². The van der Waals surface area contributed by atoms with Crippen molar-refractivity contribution >= 4 is 23.1 Å². The van der Waals surface area contributed by atoms with Gasteiger partial charge in [-0.1, -0.05) is 24.3 Å². The number of hydrogen-bond donors (Lipinski definition) is 0. The molecule has 32 heavy (non-hydrogen) atoms. The molecule has 0 bridgehead atoms. The first kappa shape index (κ1) is 21.4. The maximum absolute atomic E-state index is 13.3. The average Bonchev–Trinajstić information content (AvgIpc) is 2.81. The second-order valence-electron chi connectivity index (χ2n) is 7.79. The predicted molar refractivity (Wildman–Crippen MR) is 118 cm³/mol. The van der Waals surface area contributed by atoms with E-state index in [2.05, 4.69) is 0 Å². The predicted octanol–water partition coefficient (Wildman–Crippen LogP) is 4.58. The maximum atomic E-state index is 13.3. The molecule has 0 N–H and O–H groups in total. The Bertz CT molecular complexity index is 1180. The lowest BCUT2D eigenvalue weighted by Crippen LogP contribution is -2.24. The summed E-state index contributed by atoms with van der Waals surface area (Å²) in [6.45, 7) is 3.23. The third-order valence-electron chi connectivity index (χ3n) is 6.20. The molecule has 0 heterocycles. The highest BCUT2D eigenvalue weighted by Gasteiger charge is 2.35. The lowest BCUT2D eigenvalue weighted by Gasteiger charge is -2.23. The van der Waals surface area contributed by atoms with E-state index in [0.717, 1.165) is 0 Å². The van der Waals surface area contributed by atoms with Gasteiger partial charge in [0.1, 0.15) is 11.5 Å². The van der Waals surface area contributed by atoms with Crippen LogP contribution >= 0.6 is 0 Å². The van der Waals surface area contributed by atoms with Gasteiger partial charge in [-0.3, -0.25) is 19.2 Å². The van der Waals surface area contributed by atoms with Gasteiger partial charge in [-0.2, -0.15) is 0 Å². The van der Waals surface area contributed by atoms with E-state index in [-0.39, 0.29) is 47.1 Å². The van der Waals surface area contributed by atoms with Gasteiger partial charge in [0.15, 0.2) is 23.1 Å². The Balaban J connectivity index is 1.70. The van der Waals surface area contributed by atoms with E-state index in [4.69, 9.17) is 9.47 Å². The van der Waals surface area contributed by atoms with Crippen LogP contribution in [0.2, 0.25) is 0 Å². The lowest BCUT2D eigenvalue weighted by molar-refractivity contribution is 0.0962. The molecule has 0 aromatic heterocycles. The number of Topliss-reactive ketones (excluding diaryl/α,β-unsaturated/α-hetero) is 4. The molecule has 0 saturated carbocycles. The van der Waals surface area contributed by atoms with Gasteiger partial charge in [0, 0.05) is 33.4 Å². The van der Waals surface area contributed by atoms with Crippen LogP contribution in [0, 0.1) is 0 Å². The fourth-order valence-corrected chi connectivity index (χ4v) is 4.42. The minimum atomic E-state index is -0.291. The maximum Gasteiger partial charge on any atom is 0.193 e. The first-order valence-electron chi connectivity index (χ1n) is 10.2. The second-order valence-corrected chi connectivity index (χ2v) is 7.79. The van der Waals surface area contributed by atoms with E-state index in [1.54, 1.807) is 50.2 Å². The monoisotopic (exact) mass is 430 g/mol. The van der Waals surface area contributed by atoms with E-state index >= 15 is 0 Å². The topological polar surface area (TPSA) is 86.7 Å². The number of ether oxygens (including phenoxy) is 2. The van der Waals surface area contributed by atoms with E-state index < -0.39 is 0 Å². The third kappa shape index (κ3) is 3.11. The minimum Gasteiger partial charge on any atom is -0.496 e. The Morgan fingerprint density at radius 1 is 0.594 bits per heavy atom. The molecule has 0 spiro atoms. The molecular weight excluding hydrogens is 408 g/mol. The van der Waals surface area contributed by atoms with Gasteiger partial charge in [0.2, 0.25) is 0 Å². The molecule has 0 unspecified atom stereocenters. The molecule has 0 saturated heterocycles. The molecule has 2 aromatic carbocycles. The number of allylic oxidation sites excluding steroid dienone is 4. The van der Waals surface area contributed by atoms with E-state index in [0.29, 0.717) is 44.9 Å². The van der Waals surface area contributed by atoms with Gasteiger partial charge < -0.3 is 9.47 Å². The van der Waals surface area contributed by atoms with E-state index in [1.165, 1.54) is 14.2 Å². The zero-order chi connectivity index (χ0) is 23.2. The molecule has 4 rings (SSSR count). The van der Waals surface area contributed by atoms with E-state index in [1.807, 2.05) is 0 Å². The fraction of sp³-hybridized carbons (Fsp3) is 0.231. The summed E-state index contributed by atoms with van der Waals surface area (Å²) in [4.78, 5) is 52.4. The van der Waals surface area contributed by atoms with Crippen LogP contribution in [0.3, 0.4) is 0 Å². The highest BCUT2D eigenvalue weighted by atomic mass is 16.5. The number of methoxy groups -OCH3 is 2. The van der Waals surface area contributed by atoms with Crippen molar-refractivity contribution < 1.29 is 28.7 Å². The van der Waals surface area contributed by atoms with Crippen molar-refractivity contribution in [3.05, 3.63) is 80.9 Å². The molecule has 0 atom stereocenters. The Kier molecular flexibility index (Phi) is 5.38. The van der Waals surface area contributed by atoms with Crippen LogP contribution < -0.4 is 9.47 Å². The van der Waals surface area contributed by atoms with Crippen LogP contribution in [0.25, 0.3) is 0 Å². The van der Waals surface area contributed by atoms with Gasteiger partial charge in [-0.15, -0.1) is 0 Å². The van der Waals surface area contributed by atoms with Crippen LogP contribution in [0.15, 0.2) is 58.7 Å². The second kappa shape index (κ2) is 8.04. The van der Waals surface area contributed by atoms with Crippen LogP contribution in [-0.2, 0) is 0 Å². The summed E-state index contributed by atoms with van der Waals surface area (Å²) in [5.41, 5.74) is 2.47. The summed E-state index contributed by atoms with van der Waals surface area (Å²) >= 11 is 0. The zero-order valence-corrected chi connectivity index (χ0v) is 18.3. The van der Waals surface area contributed by atoms with Crippen molar-refractivity contribution in [3.8, 4) is 11.5 Å². The van der Waals surface area contributed by atoms with Gasteiger partial charge >= 0.3 is 0 Å². The number of carbonyl (C=O) groups is 4. The number of carbonyl (C=O) groups excluding carboxylic acids is 4. The Labute approximate surface area is 185 Å². The molecule has 6 heteroatoms. The Morgan fingerprint density at radius 3 is 1.31 bits per heavy atom. The first-order chi connectivity index (χ1) is 15.3. The van der Waals surface area contributed by atoms with Crippen molar-refractivity contribution in [3.63, 3.8) is 0 Å². The highest BCUT2D eigenvalue weighted by molar-refractivity contribution is 6.29. The molecular formula is C26H22O6. The molecule has 0 aliphatic heterocycles. The summed E-state index contributed by atoms with van der Waals surface area (Å²) < 4.78 is 10.6. The molecule has 0 radical (unpaired) electrons. The van der Waals surface area contributed by atoms with Crippen molar-refractivity contribution in [2.24, 2.45) is 0 Å². The van der Waals surface area contributed by atoms with Crippen molar-refractivity contribution in [1.29, 1.82) is 0 Å². The molecule has 0 fully saturated rings. The summed E-state index contributed by atoms with van der Waals surface area (Å²) in [6.07, 6.45) is 0.314. The summed E-state index contributed by atoms with van der Waals surface area (Å²) in [7, 11) is 2.90. The summed E-state index contributed by atoms with van der Waals surface area (Å²) in [5, 5.41) is 0. The minimum absolute atomic E-state index is 0.157. The fourth-order valence-electron chi connectivity index (χ4n) is 4.42. The van der Waals surface area contributed by atoms with Gasteiger partial charge in [-0.25, -0.2) is 0 Å². The van der Waals surface area contributed by atoms with E-state index in [9.17, 15) is 19.2 Å². The highest BCUT2D eigenvalue weighted by Crippen LogP contribution is 2.37. The van der Waals surface area contributed by atoms with Crippen molar-refractivity contribution in [2.75, 3.05) is 14.2 Å². The number of hydrogen-bond acceptors (Lipinski definition) is 6. The standard InChI is InChI=1S/C26H22O6/c1-13-15(25(29)21-17(23(13)27)7-5-9-19(21)31-3)11-12-16-14(2)24(28)18-8-6-10-20(32-4)22(18)26(16)30/h5-10H,11-12H2,1-4H3. The van der Waals surface area contributed by atoms with Crippen molar-refractivity contribution in [2.45, 2.75) is 26.7 Å². The van der Waals surface area contributed by atoms with Gasteiger partial charge in [0.05, 0.1) is 25.3 Å². The van der Waals surface area contributed by atoms with Crippen LogP contribution in [-0.4, -0.2) is 37.4 Å². The third-order valence-corrected chi connectivity index (χ3v) is 6.20. The molecule has 0 amide bonds. The quantitative estimate of drug-likeness (QED) is 0.690. The lowest BCUT2D eigenvalue weighted by atomic mass is 9.79. The smallest absolute Gasteiger partial charge is 0.193 e. The van der Waals surface area contributed by atoms with Crippen molar-refractivity contribution in [1.82, 2.24) is 0 Å². The average molecular weight is 430 g/mol. The van der Waals surface area contributed by atoms with Crippen LogP contribution in [0.4, 0.5) is 0 Å². The zero-order valence-electron chi connectivity index (χ0n) is 18.3. The molecule has 2 aromatic rings. The number of rotatable bonds is 5. The Morgan fingerprint density at radius 2 is 0.969 bits per heavy atom. The number of fused-ring (bicyclic) bond motifs is 2. The molecule has 2 aliphatic rings. The normalized spacial score (nSPS) is 15.8. The van der Waals surface area contributed by atoms with Crippen LogP contribution in [0.5, 0.6) is 11.5 Å². The van der Waals surface area contributed by atoms with Gasteiger partial charge in [0.25, 0.3) is 0 Å². The molecule has 2 aliphatic carbocycles. The molecule has 6 nitrogen and oxygen atoms in total. The number of benzene rings is 2. The first-order valence-corrected chi connectivity index (χ1v) is 10.2. The largest absolute Gasteiger partial charge is 0.496 e. The van der Waals surface area contributed by atoms with Crippen LogP contribution in [0.1, 0.15) is 68.1 Å².